The van der Waals surface area contributed by atoms with E-state index >= 15 is 0 Å². The number of tetrazole rings is 1. The van der Waals surface area contributed by atoms with Gasteiger partial charge >= 0.3 is 0 Å². The lowest BCUT2D eigenvalue weighted by Gasteiger charge is -2.23. The van der Waals surface area contributed by atoms with Crippen LogP contribution >= 0.6 is 11.6 Å². The lowest BCUT2D eigenvalue weighted by Crippen LogP contribution is -2.26. The minimum atomic E-state index is 0.429. The number of aromatic nitrogens is 6. The van der Waals surface area contributed by atoms with Crippen LogP contribution in [0, 0.1) is 0 Å². The Morgan fingerprint density at radius 3 is 2.63 bits per heavy atom. The smallest absolute Gasteiger partial charge is 0.221 e. The standard InChI is InChI=1S/C19H18ClN7/c20-13-1-3-14(4-2-13)27-16-11-22-10-7-15(16)17(12-5-8-21-9-6-12)18(27)19-23-25-26-24-19/h1-4,7,10-12,21H,5-6,8-9H2,(H,23,24,25,26). The van der Waals surface area contributed by atoms with Gasteiger partial charge in [-0.2, -0.15) is 5.21 Å². The fourth-order valence-electron chi connectivity index (χ4n) is 4.03. The van der Waals surface area contributed by atoms with Crippen LogP contribution in [0.5, 0.6) is 0 Å². The van der Waals surface area contributed by atoms with E-state index in [9.17, 15) is 0 Å². The van der Waals surface area contributed by atoms with E-state index in [2.05, 4.69) is 41.6 Å². The van der Waals surface area contributed by atoms with E-state index < -0.39 is 0 Å². The predicted octanol–water partition coefficient (Wildman–Crippen LogP) is 3.33. The van der Waals surface area contributed by atoms with Crippen LogP contribution in [0.1, 0.15) is 24.3 Å². The highest BCUT2D eigenvalue weighted by atomic mass is 35.5. The van der Waals surface area contributed by atoms with Crippen molar-refractivity contribution in [2.75, 3.05) is 13.1 Å². The first-order chi connectivity index (χ1) is 13.3. The predicted molar refractivity (Wildman–Crippen MR) is 104 cm³/mol. The Hall–Kier alpha value is -2.77. The number of nitrogens with one attached hydrogen (secondary N) is 2. The molecule has 1 aliphatic heterocycles. The Labute approximate surface area is 160 Å². The Kier molecular flexibility index (Phi) is 4.10. The molecular weight excluding hydrogens is 362 g/mol. The molecular formula is C19H18ClN7. The number of hydrogen-bond acceptors (Lipinski definition) is 5. The van der Waals surface area contributed by atoms with E-state index in [0.29, 0.717) is 16.8 Å². The number of pyridine rings is 1. The Bertz CT molecular complexity index is 1060. The summed E-state index contributed by atoms with van der Waals surface area (Å²) in [4.78, 5) is 4.37. The first-order valence-electron chi connectivity index (χ1n) is 9.01. The summed E-state index contributed by atoms with van der Waals surface area (Å²) in [6, 6.07) is 9.88. The van der Waals surface area contributed by atoms with Crippen molar-refractivity contribution in [2.24, 2.45) is 0 Å². The van der Waals surface area contributed by atoms with Crippen LogP contribution in [-0.4, -0.2) is 43.3 Å². The average Bonchev–Trinajstić information content (AvgIpc) is 3.35. The molecule has 3 aromatic heterocycles. The zero-order valence-electron chi connectivity index (χ0n) is 14.6. The third-order valence-corrected chi connectivity index (χ3v) is 5.45. The van der Waals surface area contributed by atoms with Crippen molar-refractivity contribution in [3.63, 3.8) is 0 Å². The van der Waals surface area contributed by atoms with Crippen LogP contribution in [0.15, 0.2) is 42.7 Å². The van der Waals surface area contributed by atoms with Crippen molar-refractivity contribution >= 4 is 22.5 Å². The SMILES string of the molecule is Clc1ccc(-n2c(-c3nn[nH]n3)c(C3CCNCC3)c3ccncc32)cc1. The summed E-state index contributed by atoms with van der Waals surface area (Å²) in [6.45, 7) is 2.02. The molecule has 0 aliphatic carbocycles. The van der Waals surface area contributed by atoms with Gasteiger partial charge in [0.15, 0.2) is 0 Å². The van der Waals surface area contributed by atoms with Gasteiger partial charge < -0.3 is 9.88 Å². The highest BCUT2D eigenvalue weighted by molar-refractivity contribution is 6.30. The molecule has 0 bridgehead atoms. The maximum absolute atomic E-state index is 6.12. The number of piperidine rings is 1. The molecule has 4 heterocycles. The van der Waals surface area contributed by atoms with Crippen molar-refractivity contribution in [3.8, 4) is 17.2 Å². The number of H-pyrrole nitrogens is 1. The highest BCUT2D eigenvalue weighted by Crippen LogP contribution is 2.41. The Balaban J connectivity index is 1.85. The summed E-state index contributed by atoms with van der Waals surface area (Å²) in [5.74, 6) is 1.02. The summed E-state index contributed by atoms with van der Waals surface area (Å²) < 4.78 is 2.17. The fourth-order valence-corrected chi connectivity index (χ4v) is 4.15. The second-order valence-electron chi connectivity index (χ2n) is 6.73. The van der Waals surface area contributed by atoms with Crippen molar-refractivity contribution in [3.05, 3.63) is 53.3 Å². The van der Waals surface area contributed by atoms with E-state index in [1.165, 1.54) is 10.9 Å². The number of aromatic amines is 1. The number of fused-ring (bicyclic) bond motifs is 1. The Morgan fingerprint density at radius 2 is 1.89 bits per heavy atom. The van der Waals surface area contributed by atoms with Crippen molar-refractivity contribution in [1.82, 2.24) is 35.5 Å². The third-order valence-electron chi connectivity index (χ3n) is 5.20. The van der Waals surface area contributed by atoms with E-state index in [0.717, 1.165) is 42.8 Å². The Morgan fingerprint density at radius 1 is 1.07 bits per heavy atom. The minimum Gasteiger partial charge on any atom is -0.317 e. The molecule has 2 N–H and O–H groups in total. The highest BCUT2D eigenvalue weighted by Gasteiger charge is 2.28. The van der Waals surface area contributed by atoms with Crippen LogP contribution in [0.2, 0.25) is 5.02 Å². The average molecular weight is 380 g/mol. The molecule has 5 rings (SSSR count). The molecule has 1 aliphatic rings. The van der Waals surface area contributed by atoms with E-state index in [1.807, 2.05) is 36.7 Å². The molecule has 4 aromatic rings. The van der Waals surface area contributed by atoms with Gasteiger partial charge in [-0.05, 0) is 73.0 Å². The molecule has 0 unspecified atom stereocenters. The summed E-state index contributed by atoms with van der Waals surface area (Å²) in [6.07, 6.45) is 5.90. The summed E-state index contributed by atoms with van der Waals surface area (Å²) in [5.41, 5.74) is 4.27. The maximum Gasteiger partial charge on any atom is 0.221 e. The molecule has 7 nitrogen and oxygen atoms in total. The van der Waals surface area contributed by atoms with Crippen LogP contribution < -0.4 is 5.32 Å². The van der Waals surface area contributed by atoms with Gasteiger partial charge in [-0.15, -0.1) is 10.2 Å². The van der Waals surface area contributed by atoms with Crippen molar-refractivity contribution in [2.45, 2.75) is 18.8 Å². The number of rotatable bonds is 3. The lowest BCUT2D eigenvalue weighted by molar-refractivity contribution is 0.462. The molecule has 0 spiro atoms. The van der Waals surface area contributed by atoms with Gasteiger partial charge in [0.2, 0.25) is 5.82 Å². The molecule has 0 saturated carbocycles. The quantitative estimate of drug-likeness (QED) is 0.570. The monoisotopic (exact) mass is 379 g/mol. The molecule has 0 radical (unpaired) electrons. The van der Waals surface area contributed by atoms with Crippen molar-refractivity contribution < 1.29 is 0 Å². The van der Waals surface area contributed by atoms with Gasteiger partial charge in [0, 0.05) is 22.3 Å². The minimum absolute atomic E-state index is 0.429. The van der Waals surface area contributed by atoms with E-state index in [4.69, 9.17) is 11.6 Å². The second kappa shape index (κ2) is 6.75. The number of hydrogen-bond donors (Lipinski definition) is 2. The molecule has 0 amide bonds. The second-order valence-corrected chi connectivity index (χ2v) is 7.16. The van der Waals surface area contributed by atoms with Crippen molar-refractivity contribution in [1.29, 1.82) is 0 Å². The summed E-state index contributed by atoms with van der Waals surface area (Å²) in [5, 5.41) is 20.4. The van der Waals surface area contributed by atoms with Gasteiger partial charge in [0.1, 0.15) is 0 Å². The summed E-state index contributed by atoms with van der Waals surface area (Å²) in [7, 11) is 0. The molecule has 1 saturated heterocycles. The largest absolute Gasteiger partial charge is 0.317 e. The van der Waals surface area contributed by atoms with Gasteiger partial charge in [0.05, 0.1) is 17.4 Å². The molecule has 27 heavy (non-hydrogen) atoms. The van der Waals surface area contributed by atoms with Crippen LogP contribution in [0.4, 0.5) is 0 Å². The molecule has 1 aromatic carbocycles. The van der Waals surface area contributed by atoms with E-state index in [1.54, 1.807) is 0 Å². The molecule has 0 atom stereocenters. The maximum atomic E-state index is 6.12. The van der Waals surface area contributed by atoms with Gasteiger partial charge in [-0.3, -0.25) is 4.98 Å². The first kappa shape index (κ1) is 16.4. The normalized spacial score (nSPS) is 15.4. The topological polar surface area (TPSA) is 84.3 Å². The first-order valence-corrected chi connectivity index (χ1v) is 9.39. The lowest BCUT2D eigenvalue weighted by atomic mass is 9.88. The van der Waals surface area contributed by atoms with Gasteiger partial charge in [-0.1, -0.05) is 11.6 Å². The van der Waals surface area contributed by atoms with Crippen LogP contribution in [0.25, 0.3) is 28.1 Å². The molecule has 136 valence electrons. The zero-order chi connectivity index (χ0) is 18.2. The van der Waals surface area contributed by atoms with Gasteiger partial charge in [0.25, 0.3) is 0 Å². The fraction of sp³-hybridized carbons (Fsp3) is 0.263. The number of halogens is 1. The number of nitrogens with zero attached hydrogens (tertiary/aromatic N) is 5. The van der Waals surface area contributed by atoms with Crippen LogP contribution in [-0.2, 0) is 0 Å². The number of benzene rings is 1. The molecule has 8 heteroatoms. The summed E-state index contributed by atoms with van der Waals surface area (Å²) >= 11 is 6.12. The van der Waals surface area contributed by atoms with Crippen LogP contribution in [0.3, 0.4) is 0 Å². The van der Waals surface area contributed by atoms with Gasteiger partial charge in [-0.25, -0.2) is 0 Å². The molecule has 1 fully saturated rings. The zero-order valence-corrected chi connectivity index (χ0v) is 15.3. The van der Waals surface area contributed by atoms with E-state index in [-0.39, 0.29) is 0 Å². The third kappa shape index (κ3) is 2.79.